The van der Waals surface area contributed by atoms with Gasteiger partial charge in [-0.25, -0.2) is 4.98 Å². The maximum Gasteiger partial charge on any atom is 0.255 e. The number of fused-ring (bicyclic) bond motifs is 1. The van der Waals surface area contributed by atoms with Gasteiger partial charge in [-0.3, -0.25) is 4.79 Å². The van der Waals surface area contributed by atoms with Crippen molar-refractivity contribution in [3.05, 3.63) is 60.1 Å². The number of likely N-dealkylation sites (tertiary alicyclic amines) is 1. The number of amides is 1. The Morgan fingerprint density at radius 3 is 2.88 bits per heavy atom. The second kappa shape index (κ2) is 6.35. The molecule has 3 aromatic rings. The van der Waals surface area contributed by atoms with Gasteiger partial charge in [0, 0.05) is 17.8 Å². The maximum atomic E-state index is 12.2. The van der Waals surface area contributed by atoms with Gasteiger partial charge >= 0.3 is 0 Å². The van der Waals surface area contributed by atoms with Crippen LogP contribution in [-0.2, 0) is 4.79 Å². The minimum atomic E-state index is -0.0525. The summed E-state index contributed by atoms with van der Waals surface area (Å²) in [5.74, 6) is 1.09. The number of carbonyl (C=O) groups is 1. The van der Waals surface area contributed by atoms with Crippen LogP contribution >= 0.6 is 0 Å². The molecule has 1 aliphatic heterocycles. The number of carbonyl (C=O) groups excluding carboxylic acids is 1. The van der Waals surface area contributed by atoms with Crippen LogP contribution in [0.4, 0.5) is 0 Å². The maximum absolute atomic E-state index is 12.2. The van der Waals surface area contributed by atoms with Crippen LogP contribution in [0.5, 0.6) is 5.88 Å². The molecule has 1 aliphatic rings. The van der Waals surface area contributed by atoms with E-state index >= 15 is 0 Å². The van der Waals surface area contributed by atoms with Crippen LogP contribution in [0.1, 0.15) is 11.3 Å². The molecule has 4 rings (SSSR count). The lowest BCUT2D eigenvalue weighted by molar-refractivity contribution is -0.134. The first kappa shape index (κ1) is 15.3. The van der Waals surface area contributed by atoms with E-state index in [0.29, 0.717) is 24.7 Å². The second-order valence-electron chi connectivity index (χ2n) is 5.93. The first-order chi connectivity index (χ1) is 12.2. The molecule has 1 aromatic carbocycles. The number of rotatable bonds is 4. The Hall–Kier alpha value is -3.22. The summed E-state index contributed by atoms with van der Waals surface area (Å²) in [7, 11) is 0. The zero-order chi connectivity index (χ0) is 17.2. The predicted molar refractivity (Wildman–Crippen MR) is 92.0 cm³/mol. The molecule has 2 aromatic heterocycles. The van der Waals surface area contributed by atoms with Crippen LogP contribution in [0.15, 0.2) is 48.8 Å². The Morgan fingerprint density at radius 1 is 1.28 bits per heavy atom. The van der Waals surface area contributed by atoms with E-state index in [2.05, 4.69) is 15.1 Å². The van der Waals surface area contributed by atoms with Gasteiger partial charge in [-0.2, -0.15) is 14.6 Å². The lowest BCUT2D eigenvalue weighted by Gasteiger charge is -2.38. The molecular formula is C18H17N5O2. The van der Waals surface area contributed by atoms with Crippen molar-refractivity contribution < 1.29 is 9.53 Å². The van der Waals surface area contributed by atoms with Crippen LogP contribution in [-0.4, -0.2) is 49.6 Å². The SMILES string of the molecule is Cc1cc(OC2CN(C(=O)/C=C/c3ccccc3)C2)n2ncnc2n1. The average Bonchev–Trinajstić information content (AvgIpc) is 3.04. The monoisotopic (exact) mass is 335 g/mol. The number of aromatic nitrogens is 4. The van der Waals surface area contributed by atoms with Gasteiger partial charge in [0.1, 0.15) is 12.4 Å². The summed E-state index contributed by atoms with van der Waals surface area (Å²) in [5.41, 5.74) is 1.82. The third kappa shape index (κ3) is 3.21. The van der Waals surface area contributed by atoms with E-state index in [0.717, 1.165) is 11.3 Å². The molecule has 3 heterocycles. The third-order valence-electron chi connectivity index (χ3n) is 4.01. The number of hydrogen-bond donors (Lipinski definition) is 0. The summed E-state index contributed by atoms with van der Waals surface area (Å²) in [6.45, 7) is 2.98. The summed E-state index contributed by atoms with van der Waals surface area (Å²) in [4.78, 5) is 22.3. The van der Waals surface area contributed by atoms with E-state index in [1.165, 1.54) is 6.33 Å². The molecule has 0 saturated carbocycles. The molecule has 0 radical (unpaired) electrons. The highest BCUT2D eigenvalue weighted by Crippen LogP contribution is 2.19. The Morgan fingerprint density at radius 2 is 2.08 bits per heavy atom. The predicted octanol–water partition coefficient (Wildman–Crippen LogP) is 1.74. The molecule has 1 fully saturated rings. The van der Waals surface area contributed by atoms with E-state index in [-0.39, 0.29) is 12.0 Å². The molecular weight excluding hydrogens is 318 g/mol. The third-order valence-corrected chi connectivity index (χ3v) is 4.01. The van der Waals surface area contributed by atoms with Crippen molar-refractivity contribution in [2.45, 2.75) is 13.0 Å². The molecule has 0 atom stereocenters. The number of nitrogens with zero attached hydrogens (tertiary/aromatic N) is 5. The van der Waals surface area contributed by atoms with Crippen molar-refractivity contribution in [1.82, 2.24) is 24.5 Å². The van der Waals surface area contributed by atoms with E-state index in [9.17, 15) is 4.79 Å². The summed E-state index contributed by atoms with van der Waals surface area (Å²) in [6, 6.07) is 11.6. The molecule has 0 bridgehead atoms. The molecule has 7 nitrogen and oxygen atoms in total. The van der Waals surface area contributed by atoms with Crippen molar-refractivity contribution >= 4 is 17.8 Å². The number of aryl methyl sites for hydroxylation is 1. The Balaban J connectivity index is 1.36. The Labute approximate surface area is 144 Å². The summed E-state index contributed by atoms with van der Waals surface area (Å²) >= 11 is 0. The highest BCUT2D eigenvalue weighted by molar-refractivity contribution is 5.92. The van der Waals surface area contributed by atoms with Crippen molar-refractivity contribution in [2.24, 2.45) is 0 Å². The van der Waals surface area contributed by atoms with Gasteiger partial charge in [0.05, 0.1) is 13.1 Å². The molecule has 1 saturated heterocycles. The number of ether oxygens (including phenoxy) is 1. The molecule has 1 amide bonds. The second-order valence-corrected chi connectivity index (χ2v) is 5.93. The molecule has 126 valence electrons. The van der Waals surface area contributed by atoms with Gasteiger partial charge < -0.3 is 9.64 Å². The topological polar surface area (TPSA) is 72.6 Å². The van der Waals surface area contributed by atoms with Crippen LogP contribution in [0.3, 0.4) is 0 Å². The lowest BCUT2D eigenvalue weighted by atomic mass is 10.1. The quantitative estimate of drug-likeness (QED) is 0.679. The van der Waals surface area contributed by atoms with E-state index in [1.54, 1.807) is 15.5 Å². The van der Waals surface area contributed by atoms with Crippen LogP contribution in [0, 0.1) is 6.92 Å². The fraction of sp³-hybridized carbons (Fsp3) is 0.222. The fourth-order valence-electron chi connectivity index (χ4n) is 2.68. The van der Waals surface area contributed by atoms with Gasteiger partial charge in [0.15, 0.2) is 0 Å². The summed E-state index contributed by atoms with van der Waals surface area (Å²) in [5, 5.41) is 4.11. The average molecular weight is 335 g/mol. The number of benzene rings is 1. The molecule has 0 unspecified atom stereocenters. The smallest absolute Gasteiger partial charge is 0.255 e. The first-order valence-corrected chi connectivity index (χ1v) is 8.05. The minimum Gasteiger partial charge on any atom is -0.470 e. The highest BCUT2D eigenvalue weighted by Gasteiger charge is 2.31. The van der Waals surface area contributed by atoms with Crippen molar-refractivity contribution in [3.63, 3.8) is 0 Å². The minimum absolute atomic E-state index is 0.0134. The molecule has 0 aliphatic carbocycles. The summed E-state index contributed by atoms with van der Waals surface area (Å²) < 4.78 is 7.51. The van der Waals surface area contributed by atoms with Gasteiger partial charge in [-0.1, -0.05) is 30.3 Å². The largest absolute Gasteiger partial charge is 0.470 e. The zero-order valence-electron chi connectivity index (χ0n) is 13.7. The van der Waals surface area contributed by atoms with Gasteiger partial charge in [0.2, 0.25) is 11.8 Å². The number of hydrogen-bond acceptors (Lipinski definition) is 5. The molecule has 0 spiro atoms. The highest BCUT2D eigenvalue weighted by atomic mass is 16.5. The normalized spacial score (nSPS) is 14.8. The van der Waals surface area contributed by atoms with Crippen LogP contribution in [0.25, 0.3) is 11.9 Å². The fourth-order valence-corrected chi connectivity index (χ4v) is 2.68. The van der Waals surface area contributed by atoms with Crippen molar-refractivity contribution in [2.75, 3.05) is 13.1 Å². The van der Waals surface area contributed by atoms with Crippen molar-refractivity contribution in [1.29, 1.82) is 0 Å². The standard InChI is InChI=1S/C18H17N5O2/c1-13-9-17(23-18(21-13)19-12-20-23)25-15-10-22(11-15)16(24)8-7-14-5-3-2-4-6-14/h2-9,12,15H,10-11H2,1H3/b8-7+. The van der Waals surface area contributed by atoms with Crippen LogP contribution in [0.2, 0.25) is 0 Å². The zero-order valence-corrected chi connectivity index (χ0v) is 13.7. The van der Waals surface area contributed by atoms with E-state index in [1.807, 2.05) is 49.4 Å². The van der Waals surface area contributed by atoms with Crippen LogP contribution < -0.4 is 4.74 Å². The molecule has 7 heteroatoms. The van der Waals surface area contributed by atoms with E-state index in [4.69, 9.17) is 4.74 Å². The Bertz CT molecular complexity index is 929. The lowest BCUT2D eigenvalue weighted by Crippen LogP contribution is -2.55. The van der Waals surface area contributed by atoms with Gasteiger partial charge in [-0.05, 0) is 18.6 Å². The first-order valence-electron chi connectivity index (χ1n) is 8.05. The molecule has 25 heavy (non-hydrogen) atoms. The van der Waals surface area contributed by atoms with E-state index < -0.39 is 0 Å². The Kier molecular flexibility index (Phi) is 3.89. The summed E-state index contributed by atoms with van der Waals surface area (Å²) in [6.07, 6.45) is 4.81. The van der Waals surface area contributed by atoms with Gasteiger partial charge in [0.25, 0.3) is 5.78 Å². The molecule has 0 N–H and O–H groups in total. The van der Waals surface area contributed by atoms with Gasteiger partial charge in [-0.15, -0.1) is 0 Å². The van der Waals surface area contributed by atoms with Crippen molar-refractivity contribution in [3.8, 4) is 5.88 Å².